The van der Waals surface area contributed by atoms with E-state index in [1.54, 1.807) is 33.5 Å². The minimum atomic E-state index is -0.356. The van der Waals surface area contributed by atoms with Gasteiger partial charge in [-0.3, -0.25) is 4.79 Å². The monoisotopic (exact) mass is 428 g/mol. The molecule has 0 aromatic heterocycles. The molecule has 8 heteroatoms. The highest BCUT2D eigenvalue weighted by atomic mass is 32.2. The fourth-order valence-electron chi connectivity index (χ4n) is 2.66. The van der Waals surface area contributed by atoms with Crippen LogP contribution in [0.5, 0.6) is 17.2 Å². The molecule has 3 N–H and O–H groups in total. The van der Waals surface area contributed by atoms with E-state index >= 15 is 0 Å². The molecule has 0 aliphatic carbocycles. The number of rotatable bonds is 6. The van der Waals surface area contributed by atoms with Gasteiger partial charge >= 0.3 is 0 Å². The van der Waals surface area contributed by atoms with E-state index in [2.05, 4.69) is 4.99 Å². The van der Waals surface area contributed by atoms with Crippen molar-refractivity contribution >= 4 is 41.1 Å². The summed E-state index contributed by atoms with van der Waals surface area (Å²) in [5.41, 5.74) is 8.23. The number of amidine groups is 1. The van der Waals surface area contributed by atoms with Gasteiger partial charge in [-0.15, -0.1) is 0 Å². The van der Waals surface area contributed by atoms with E-state index in [1.807, 2.05) is 42.5 Å². The van der Waals surface area contributed by atoms with Gasteiger partial charge in [0.05, 0.1) is 26.2 Å². The van der Waals surface area contributed by atoms with E-state index in [9.17, 15) is 4.79 Å². The molecule has 0 radical (unpaired) electrons. The molecule has 0 fully saturated rings. The van der Waals surface area contributed by atoms with Gasteiger partial charge in [-0.2, -0.15) is 4.99 Å². The maximum absolute atomic E-state index is 12.0. The lowest BCUT2D eigenvalue weighted by molar-refractivity contribution is -0.113. The Labute approximate surface area is 179 Å². The predicted octanol–water partition coefficient (Wildman–Crippen LogP) is 3.42. The van der Waals surface area contributed by atoms with Crippen molar-refractivity contribution in [1.82, 2.24) is 0 Å². The van der Waals surface area contributed by atoms with Crippen molar-refractivity contribution in [3.63, 3.8) is 0 Å². The minimum Gasteiger partial charge on any atom is -0.497 e. The molecule has 1 amide bonds. The zero-order chi connectivity index (χ0) is 22.1. The number of carbonyl (C=O) groups excluding carboxylic acids is 1. The molecular formula is C22H24N2O5S. The minimum absolute atomic E-state index is 0.235. The number of benzene rings is 2. The number of hydrogen-bond donors (Lipinski definition) is 2. The van der Waals surface area contributed by atoms with Gasteiger partial charge in [0, 0.05) is 18.7 Å². The summed E-state index contributed by atoms with van der Waals surface area (Å²) in [6.45, 7) is 0. The van der Waals surface area contributed by atoms with Gasteiger partial charge in [-0.25, -0.2) is 0 Å². The second kappa shape index (κ2) is 11.1. The predicted molar refractivity (Wildman–Crippen MR) is 122 cm³/mol. The van der Waals surface area contributed by atoms with E-state index in [-0.39, 0.29) is 11.1 Å². The smallest absolute Gasteiger partial charge is 0.286 e. The van der Waals surface area contributed by atoms with Crippen LogP contribution in [0.4, 0.5) is 0 Å². The van der Waals surface area contributed by atoms with Crippen LogP contribution in [0.2, 0.25) is 0 Å². The number of carbonyl (C=O) groups is 1. The number of methoxy groups -OCH3 is 3. The number of aliphatic hydroxyl groups excluding tert-OH is 1. The molecule has 1 heterocycles. The Kier molecular flexibility index (Phi) is 8.52. The number of aliphatic imine (C=N–C) groups is 1. The molecule has 30 heavy (non-hydrogen) atoms. The van der Waals surface area contributed by atoms with E-state index < -0.39 is 0 Å². The van der Waals surface area contributed by atoms with Gasteiger partial charge in [-0.05, 0) is 47.2 Å². The lowest BCUT2D eigenvalue weighted by atomic mass is 10.0. The maximum atomic E-state index is 12.0. The molecule has 0 bridgehead atoms. The highest BCUT2D eigenvalue weighted by molar-refractivity contribution is 8.18. The Balaban J connectivity index is 0.00000155. The van der Waals surface area contributed by atoms with Crippen LogP contribution in [0.15, 0.2) is 46.3 Å². The Hall–Kier alpha value is -3.23. The molecule has 7 nitrogen and oxygen atoms in total. The number of hydrogen-bond acceptors (Lipinski definition) is 7. The molecule has 0 saturated heterocycles. The van der Waals surface area contributed by atoms with Crippen LogP contribution in [0.25, 0.3) is 18.2 Å². The van der Waals surface area contributed by atoms with Crippen molar-refractivity contribution < 1.29 is 24.1 Å². The summed E-state index contributed by atoms with van der Waals surface area (Å²) in [6, 6.07) is 11.3. The van der Waals surface area contributed by atoms with Gasteiger partial charge in [0.1, 0.15) is 17.2 Å². The first-order valence-electron chi connectivity index (χ1n) is 8.85. The molecule has 1 aliphatic heterocycles. The summed E-state index contributed by atoms with van der Waals surface area (Å²) in [7, 11) is 5.79. The average molecular weight is 429 g/mol. The largest absolute Gasteiger partial charge is 0.497 e. The molecule has 158 valence electrons. The summed E-state index contributed by atoms with van der Waals surface area (Å²) >= 11 is 1.14. The van der Waals surface area contributed by atoms with Crippen molar-refractivity contribution in [3.8, 4) is 17.2 Å². The number of thioether (sulfide) groups is 1. The molecule has 0 spiro atoms. The molecular weight excluding hydrogens is 404 g/mol. The third-order valence-electron chi connectivity index (χ3n) is 4.09. The summed E-state index contributed by atoms with van der Waals surface area (Å²) in [4.78, 5) is 16.2. The van der Waals surface area contributed by atoms with E-state index in [0.717, 1.165) is 41.3 Å². The third kappa shape index (κ3) is 5.65. The number of aliphatic hydroxyl groups is 1. The van der Waals surface area contributed by atoms with Gasteiger partial charge in [-0.1, -0.05) is 24.3 Å². The van der Waals surface area contributed by atoms with Crippen LogP contribution in [0.1, 0.15) is 16.7 Å². The van der Waals surface area contributed by atoms with Crippen LogP contribution in [-0.4, -0.2) is 44.6 Å². The lowest BCUT2D eigenvalue weighted by Crippen LogP contribution is -2.01. The highest BCUT2D eigenvalue weighted by Crippen LogP contribution is 2.35. The molecule has 0 saturated carbocycles. The summed E-state index contributed by atoms with van der Waals surface area (Å²) in [5.74, 6) is 1.67. The average Bonchev–Trinajstić information content (AvgIpc) is 3.11. The molecule has 1 aliphatic rings. The molecule has 2 aromatic carbocycles. The second-order valence-electron chi connectivity index (χ2n) is 5.80. The fraction of sp³-hybridized carbons (Fsp3) is 0.182. The van der Waals surface area contributed by atoms with Crippen LogP contribution in [0, 0.1) is 0 Å². The Morgan fingerprint density at radius 2 is 1.63 bits per heavy atom. The molecule has 0 unspecified atom stereocenters. The maximum Gasteiger partial charge on any atom is 0.286 e. The van der Waals surface area contributed by atoms with E-state index in [4.69, 9.17) is 25.1 Å². The third-order valence-corrected chi connectivity index (χ3v) is 4.90. The van der Waals surface area contributed by atoms with Crippen molar-refractivity contribution in [2.45, 2.75) is 0 Å². The van der Waals surface area contributed by atoms with Crippen molar-refractivity contribution in [2.24, 2.45) is 10.7 Å². The summed E-state index contributed by atoms with van der Waals surface area (Å²) in [6.07, 6.45) is 5.64. The van der Waals surface area contributed by atoms with Crippen molar-refractivity contribution in [2.75, 3.05) is 28.4 Å². The van der Waals surface area contributed by atoms with Gasteiger partial charge in [0.15, 0.2) is 5.17 Å². The zero-order valence-electron chi connectivity index (χ0n) is 17.2. The van der Waals surface area contributed by atoms with Gasteiger partial charge in [0.2, 0.25) is 0 Å². The standard InChI is InChI=1S/C21H20N2O4S.CH4O/c1-25-15-8-5-13(6-9-15)4-7-14-10-16(26-2)11-18(27-3)17(14)12-19-20(24)23-21(22)28-19;1-2/h4-12H,1-3H3,(H2,22,23,24);2H,1H3/b7-4+,19-12-;. The van der Waals surface area contributed by atoms with Crippen LogP contribution < -0.4 is 19.9 Å². The van der Waals surface area contributed by atoms with Gasteiger partial charge < -0.3 is 25.1 Å². The quantitative estimate of drug-likeness (QED) is 0.537. The zero-order valence-corrected chi connectivity index (χ0v) is 18.0. The second-order valence-corrected chi connectivity index (χ2v) is 6.87. The van der Waals surface area contributed by atoms with Crippen molar-refractivity contribution in [3.05, 3.63) is 58.0 Å². The first kappa shape index (κ1) is 23.1. The van der Waals surface area contributed by atoms with Crippen LogP contribution >= 0.6 is 11.8 Å². The van der Waals surface area contributed by atoms with Crippen molar-refractivity contribution in [1.29, 1.82) is 0 Å². The molecule has 2 aromatic rings. The lowest BCUT2D eigenvalue weighted by Gasteiger charge is -2.12. The molecule has 0 atom stereocenters. The summed E-state index contributed by atoms with van der Waals surface area (Å²) in [5, 5.41) is 7.24. The first-order chi connectivity index (χ1) is 14.5. The Morgan fingerprint density at radius 3 is 2.17 bits per heavy atom. The number of nitrogens with two attached hydrogens (primary N) is 1. The van der Waals surface area contributed by atoms with Crippen LogP contribution in [0.3, 0.4) is 0 Å². The van der Waals surface area contributed by atoms with E-state index in [1.165, 1.54) is 0 Å². The number of ether oxygens (including phenoxy) is 3. The SMILES string of the molecule is CO.COc1ccc(/C=C/c2cc(OC)cc(OC)c2/C=C2\SC(N)=NC2=O)cc1. The Bertz CT molecular complexity index is 982. The van der Waals surface area contributed by atoms with E-state index in [0.29, 0.717) is 16.4 Å². The summed E-state index contributed by atoms with van der Waals surface area (Å²) < 4.78 is 16.1. The Morgan fingerprint density at radius 1 is 0.967 bits per heavy atom. The molecule has 3 rings (SSSR count). The fourth-order valence-corrected chi connectivity index (χ4v) is 3.32. The number of amides is 1. The highest BCUT2D eigenvalue weighted by Gasteiger charge is 2.21. The number of nitrogens with zero attached hydrogens (tertiary/aromatic N) is 1. The topological polar surface area (TPSA) is 103 Å². The van der Waals surface area contributed by atoms with Crippen LogP contribution in [-0.2, 0) is 4.79 Å². The first-order valence-corrected chi connectivity index (χ1v) is 9.66. The van der Waals surface area contributed by atoms with Gasteiger partial charge in [0.25, 0.3) is 5.91 Å². The normalized spacial score (nSPS) is 14.4.